The number of hydrogen-bond donors (Lipinski definition) is 0. The molecule has 0 saturated carbocycles. The minimum absolute atomic E-state index is 0.576. The summed E-state index contributed by atoms with van der Waals surface area (Å²) < 4.78 is 1.79. The van der Waals surface area contributed by atoms with Gasteiger partial charge in [0.25, 0.3) is 0 Å². The van der Waals surface area contributed by atoms with Crippen LogP contribution in [0.1, 0.15) is 22.5 Å². The predicted octanol–water partition coefficient (Wildman–Crippen LogP) is 2.38. The van der Waals surface area contributed by atoms with Crippen molar-refractivity contribution in [3.8, 4) is 6.07 Å². The largest absolute Gasteiger partial charge is 0.225 e. The van der Waals surface area contributed by atoms with Crippen molar-refractivity contribution in [2.24, 2.45) is 0 Å². The fourth-order valence-electron chi connectivity index (χ4n) is 2.34. The molecule has 2 aromatic carbocycles. The lowest BCUT2D eigenvalue weighted by Crippen LogP contribution is -2.08. The highest BCUT2D eigenvalue weighted by Gasteiger charge is 2.07. The number of nitrogens with zero attached hydrogens (tertiary/aromatic N) is 5. The summed E-state index contributed by atoms with van der Waals surface area (Å²) in [5.41, 5.74) is 2.94. The van der Waals surface area contributed by atoms with Crippen molar-refractivity contribution in [1.82, 2.24) is 20.2 Å². The highest BCUT2D eigenvalue weighted by Crippen LogP contribution is 2.09. The molecule has 1 heterocycles. The van der Waals surface area contributed by atoms with Crippen LogP contribution in [0, 0.1) is 11.3 Å². The van der Waals surface area contributed by atoms with Crippen molar-refractivity contribution in [3.63, 3.8) is 0 Å². The van der Waals surface area contributed by atoms with Gasteiger partial charge in [0.1, 0.15) is 0 Å². The summed E-state index contributed by atoms with van der Waals surface area (Å²) >= 11 is 0. The number of aromatic nitrogens is 4. The summed E-state index contributed by atoms with van der Waals surface area (Å²) in [6.45, 7) is 0.576. The van der Waals surface area contributed by atoms with Gasteiger partial charge >= 0.3 is 0 Å². The van der Waals surface area contributed by atoms with Crippen LogP contribution in [0.15, 0.2) is 54.6 Å². The van der Waals surface area contributed by atoms with Crippen molar-refractivity contribution < 1.29 is 0 Å². The third kappa shape index (κ3) is 3.36. The second-order valence-corrected chi connectivity index (χ2v) is 5.05. The van der Waals surface area contributed by atoms with Crippen LogP contribution in [-0.4, -0.2) is 20.2 Å². The third-order valence-electron chi connectivity index (χ3n) is 3.47. The van der Waals surface area contributed by atoms with E-state index in [9.17, 15) is 0 Å². The van der Waals surface area contributed by atoms with Gasteiger partial charge in [-0.25, -0.2) is 4.68 Å². The molecule has 3 aromatic rings. The average molecular weight is 289 g/mol. The first kappa shape index (κ1) is 14.0. The minimum Gasteiger partial charge on any atom is -0.225 e. The van der Waals surface area contributed by atoms with Crippen molar-refractivity contribution >= 4 is 0 Å². The van der Waals surface area contributed by atoms with E-state index in [1.807, 2.05) is 36.4 Å². The lowest BCUT2D eigenvalue weighted by molar-refractivity contribution is 0.615. The molecule has 3 rings (SSSR count). The van der Waals surface area contributed by atoms with Crippen LogP contribution in [0.3, 0.4) is 0 Å². The second kappa shape index (κ2) is 6.64. The van der Waals surface area contributed by atoms with Gasteiger partial charge in [-0.15, -0.1) is 5.10 Å². The Bertz CT molecular complexity index is 786. The van der Waals surface area contributed by atoms with E-state index in [4.69, 9.17) is 5.26 Å². The van der Waals surface area contributed by atoms with Crippen LogP contribution < -0.4 is 0 Å². The van der Waals surface area contributed by atoms with Gasteiger partial charge in [0.2, 0.25) is 0 Å². The zero-order chi connectivity index (χ0) is 15.2. The maximum absolute atomic E-state index is 8.96. The zero-order valence-electron chi connectivity index (χ0n) is 12.1. The first-order valence-corrected chi connectivity index (χ1v) is 7.13. The Hall–Kier alpha value is -3.00. The molecular formula is C17H15N5. The number of hydrogen-bond acceptors (Lipinski definition) is 4. The van der Waals surface area contributed by atoms with Gasteiger partial charge in [0.15, 0.2) is 5.82 Å². The molecule has 22 heavy (non-hydrogen) atoms. The highest BCUT2D eigenvalue weighted by atomic mass is 15.5. The summed E-state index contributed by atoms with van der Waals surface area (Å²) in [7, 11) is 0. The number of tetrazole rings is 1. The Kier molecular flexibility index (Phi) is 4.21. The molecule has 5 nitrogen and oxygen atoms in total. The molecule has 0 amide bonds. The van der Waals surface area contributed by atoms with Crippen LogP contribution in [-0.2, 0) is 19.4 Å². The number of rotatable bonds is 5. The molecule has 5 heteroatoms. The van der Waals surface area contributed by atoms with Crippen molar-refractivity contribution in [1.29, 1.82) is 5.26 Å². The summed E-state index contributed by atoms with van der Waals surface area (Å²) in [6, 6.07) is 19.9. The average Bonchev–Trinajstić information content (AvgIpc) is 3.01. The van der Waals surface area contributed by atoms with E-state index in [2.05, 4.69) is 33.7 Å². The normalized spacial score (nSPS) is 10.3. The van der Waals surface area contributed by atoms with E-state index in [1.54, 1.807) is 10.7 Å². The van der Waals surface area contributed by atoms with Gasteiger partial charge in [-0.1, -0.05) is 42.5 Å². The Morgan fingerprint density at radius 2 is 1.77 bits per heavy atom. The lowest BCUT2D eigenvalue weighted by atomic mass is 10.1. The second-order valence-electron chi connectivity index (χ2n) is 5.05. The molecule has 0 saturated heterocycles. The zero-order valence-corrected chi connectivity index (χ0v) is 12.1. The van der Waals surface area contributed by atoms with Gasteiger partial charge < -0.3 is 0 Å². The first-order chi connectivity index (χ1) is 10.8. The Morgan fingerprint density at radius 1 is 0.955 bits per heavy atom. The van der Waals surface area contributed by atoms with Crippen LogP contribution >= 0.6 is 0 Å². The van der Waals surface area contributed by atoms with E-state index in [1.165, 1.54) is 5.56 Å². The molecule has 0 aliphatic rings. The maximum atomic E-state index is 8.96. The number of nitriles is 1. The predicted molar refractivity (Wildman–Crippen MR) is 81.9 cm³/mol. The quantitative estimate of drug-likeness (QED) is 0.723. The number of benzene rings is 2. The Balaban J connectivity index is 1.71. The Labute approximate surface area is 128 Å². The van der Waals surface area contributed by atoms with Gasteiger partial charge in [0.05, 0.1) is 18.2 Å². The molecule has 0 unspecified atom stereocenters. The molecule has 108 valence electrons. The summed E-state index contributed by atoms with van der Waals surface area (Å²) in [5.74, 6) is 0.853. The van der Waals surface area contributed by atoms with E-state index >= 15 is 0 Å². The van der Waals surface area contributed by atoms with Crippen LogP contribution in [0.2, 0.25) is 0 Å². The van der Waals surface area contributed by atoms with Gasteiger partial charge in [-0.3, -0.25) is 0 Å². The molecule has 0 atom stereocenters. The third-order valence-corrected chi connectivity index (χ3v) is 3.47. The maximum Gasteiger partial charge on any atom is 0.151 e. The standard InChI is InChI=1S/C17H15N5/c18-12-15-7-4-8-16(11-15)13-22-17(19-20-21-22)10-9-14-5-2-1-3-6-14/h1-8,11H,9-10,13H2. The van der Waals surface area contributed by atoms with E-state index < -0.39 is 0 Å². The fourth-order valence-corrected chi connectivity index (χ4v) is 2.34. The molecule has 0 bridgehead atoms. The molecule has 0 aliphatic heterocycles. The highest BCUT2D eigenvalue weighted by molar-refractivity contribution is 5.32. The Morgan fingerprint density at radius 3 is 2.59 bits per heavy atom. The van der Waals surface area contributed by atoms with Crippen molar-refractivity contribution in [3.05, 3.63) is 77.1 Å². The molecule has 1 aromatic heterocycles. The van der Waals surface area contributed by atoms with Crippen LogP contribution in [0.5, 0.6) is 0 Å². The lowest BCUT2D eigenvalue weighted by Gasteiger charge is -2.05. The van der Waals surface area contributed by atoms with Crippen LogP contribution in [0.4, 0.5) is 0 Å². The van der Waals surface area contributed by atoms with E-state index in [-0.39, 0.29) is 0 Å². The molecule has 0 fully saturated rings. The molecule has 0 aliphatic carbocycles. The molecule has 0 spiro atoms. The smallest absolute Gasteiger partial charge is 0.151 e. The molecule has 0 N–H and O–H groups in total. The molecular weight excluding hydrogens is 274 g/mol. The topological polar surface area (TPSA) is 67.4 Å². The molecule has 0 radical (unpaired) electrons. The first-order valence-electron chi connectivity index (χ1n) is 7.13. The van der Waals surface area contributed by atoms with Crippen LogP contribution in [0.25, 0.3) is 0 Å². The fraction of sp³-hybridized carbons (Fsp3) is 0.176. The summed E-state index contributed by atoms with van der Waals surface area (Å²) in [4.78, 5) is 0. The van der Waals surface area contributed by atoms with Gasteiger partial charge in [0, 0.05) is 6.42 Å². The summed E-state index contributed by atoms with van der Waals surface area (Å²) in [5, 5.41) is 20.9. The van der Waals surface area contributed by atoms with Gasteiger partial charge in [-0.05, 0) is 40.1 Å². The van der Waals surface area contributed by atoms with Crippen molar-refractivity contribution in [2.45, 2.75) is 19.4 Å². The van der Waals surface area contributed by atoms with E-state index in [0.29, 0.717) is 12.1 Å². The summed E-state index contributed by atoms with van der Waals surface area (Å²) in [6.07, 6.45) is 1.69. The van der Waals surface area contributed by atoms with E-state index in [0.717, 1.165) is 24.2 Å². The minimum atomic E-state index is 0.576. The SMILES string of the molecule is N#Cc1cccc(Cn2nnnc2CCc2ccccc2)c1. The van der Waals surface area contributed by atoms with Crippen molar-refractivity contribution in [2.75, 3.05) is 0 Å². The van der Waals surface area contributed by atoms with Gasteiger partial charge in [-0.2, -0.15) is 5.26 Å². The number of aryl methyl sites for hydroxylation is 2. The monoisotopic (exact) mass is 289 g/mol.